The molecule has 1 aliphatic heterocycles. The van der Waals surface area contributed by atoms with Gasteiger partial charge in [0.05, 0.1) is 6.10 Å². The smallest absolute Gasteiger partial charge is 0.226 e. The average molecular weight is 337 g/mol. The second-order valence-corrected chi connectivity index (χ2v) is 6.37. The molecule has 3 rings (SSSR count). The monoisotopic (exact) mass is 336 g/mol. The molecule has 1 heterocycles. The molecule has 1 saturated carbocycles. The van der Waals surface area contributed by atoms with E-state index in [1.807, 2.05) is 23.1 Å². The van der Waals surface area contributed by atoms with Crippen LogP contribution in [0.1, 0.15) is 31.2 Å². The lowest BCUT2D eigenvalue weighted by Crippen LogP contribution is -2.46. The van der Waals surface area contributed by atoms with Crippen LogP contribution < -0.4 is 5.73 Å². The fourth-order valence-electron chi connectivity index (χ4n) is 3.44. The third-order valence-electron chi connectivity index (χ3n) is 4.88. The summed E-state index contributed by atoms with van der Waals surface area (Å²) in [6, 6.07) is 10.2. The Morgan fingerprint density at radius 3 is 2.57 bits per heavy atom. The summed E-state index contributed by atoms with van der Waals surface area (Å²) in [6.07, 6.45) is 4.54. The van der Waals surface area contributed by atoms with E-state index in [1.165, 1.54) is 11.1 Å². The van der Waals surface area contributed by atoms with Crippen molar-refractivity contribution in [3.8, 4) is 0 Å². The number of amides is 1. The van der Waals surface area contributed by atoms with E-state index in [1.54, 1.807) is 0 Å². The Morgan fingerprint density at radius 2 is 1.96 bits per heavy atom. The molecule has 0 saturated heterocycles. The van der Waals surface area contributed by atoms with Gasteiger partial charge >= 0.3 is 0 Å². The predicted octanol–water partition coefficient (Wildman–Crippen LogP) is 2.21. The summed E-state index contributed by atoms with van der Waals surface area (Å²) in [4.78, 5) is 14.5. The molecule has 3 atom stereocenters. The van der Waals surface area contributed by atoms with Gasteiger partial charge in [0.15, 0.2) is 0 Å². The first-order chi connectivity index (χ1) is 10.6. The van der Waals surface area contributed by atoms with Crippen molar-refractivity contribution in [3.05, 3.63) is 42.0 Å². The largest absolute Gasteiger partial charge is 0.391 e. The number of benzene rings is 1. The molecule has 0 aromatic heterocycles. The summed E-state index contributed by atoms with van der Waals surface area (Å²) in [5, 5.41) is 9.88. The molecular weight excluding hydrogens is 312 g/mol. The molecule has 4 nitrogen and oxygen atoms in total. The highest BCUT2D eigenvalue weighted by molar-refractivity contribution is 5.85. The van der Waals surface area contributed by atoms with E-state index in [0.29, 0.717) is 13.0 Å². The van der Waals surface area contributed by atoms with Crippen LogP contribution in [0.5, 0.6) is 0 Å². The molecule has 0 bridgehead atoms. The standard InChI is InChI=1S/C18H24N2O2.ClH/c19-16-7-6-15(12-17(16)21)18(22)20-10-8-14(9-11-20)13-4-2-1-3-5-13;/h1-5,8,15-17,21H,6-7,9-12,19H2;1H/t15-,16-,17-;/m0./s1. The number of hydrogen-bond donors (Lipinski definition) is 2. The van der Waals surface area contributed by atoms with Crippen LogP contribution in [0.2, 0.25) is 0 Å². The molecule has 5 heteroatoms. The predicted molar refractivity (Wildman–Crippen MR) is 94.2 cm³/mol. The topological polar surface area (TPSA) is 66.6 Å². The van der Waals surface area contributed by atoms with Crippen LogP contribution in [-0.2, 0) is 4.79 Å². The van der Waals surface area contributed by atoms with Crippen LogP contribution in [-0.4, -0.2) is 41.1 Å². The first-order valence-electron chi connectivity index (χ1n) is 8.12. The highest BCUT2D eigenvalue weighted by atomic mass is 35.5. The van der Waals surface area contributed by atoms with Crippen molar-refractivity contribution in [2.45, 2.75) is 37.8 Å². The normalized spacial score (nSPS) is 27.8. The Balaban J connectivity index is 0.00000192. The molecule has 3 N–H and O–H groups in total. The van der Waals surface area contributed by atoms with Gasteiger partial charge in [-0.1, -0.05) is 36.4 Å². The third kappa shape index (κ3) is 4.14. The Hall–Kier alpha value is -1.36. The molecule has 1 fully saturated rings. The zero-order valence-electron chi connectivity index (χ0n) is 13.2. The molecule has 126 valence electrons. The van der Waals surface area contributed by atoms with Gasteiger partial charge in [-0.05, 0) is 36.8 Å². The first-order valence-corrected chi connectivity index (χ1v) is 8.12. The Morgan fingerprint density at radius 1 is 1.22 bits per heavy atom. The maximum Gasteiger partial charge on any atom is 0.226 e. The Labute approximate surface area is 143 Å². The second-order valence-electron chi connectivity index (χ2n) is 6.37. The fourth-order valence-corrected chi connectivity index (χ4v) is 3.44. The summed E-state index contributed by atoms with van der Waals surface area (Å²) in [5.41, 5.74) is 8.38. The summed E-state index contributed by atoms with van der Waals surface area (Å²) < 4.78 is 0. The van der Waals surface area contributed by atoms with Crippen molar-refractivity contribution < 1.29 is 9.90 Å². The van der Waals surface area contributed by atoms with Gasteiger partial charge < -0.3 is 15.7 Å². The fraction of sp³-hybridized carbons (Fsp3) is 0.500. The molecule has 1 aromatic carbocycles. The van der Waals surface area contributed by atoms with Crippen molar-refractivity contribution in [2.75, 3.05) is 13.1 Å². The number of nitrogens with two attached hydrogens (primary N) is 1. The maximum absolute atomic E-state index is 12.6. The van der Waals surface area contributed by atoms with Gasteiger partial charge in [0.2, 0.25) is 5.91 Å². The van der Waals surface area contributed by atoms with E-state index >= 15 is 0 Å². The molecule has 0 radical (unpaired) electrons. The summed E-state index contributed by atoms with van der Waals surface area (Å²) in [6.45, 7) is 1.43. The van der Waals surface area contributed by atoms with E-state index in [-0.39, 0.29) is 30.3 Å². The van der Waals surface area contributed by atoms with Crippen molar-refractivity contribution in [1.82, 2.24) is 4.90 Å². The van der Waals surface area contributed by atoms with Gasteiger partial charge in [-0.25, -0.2) is 0 Å². The minimum absolute atomic E-state index is 0. The van der Waals surface area contributed by atoms with Crippen LogP contribution in [0.25, 0.3) is 5.57 Å². The first kappa shape index (κ1) is 18.0. The van der Waals surface area contributed by atoms with Crippen LogP contribution in [0.15, 0.2) is 36.4 Å². The van der Waals surface area contributed by atoms with E-state index < -0.39 is 6.10 Å². The lowest BCUT2D eigenvalue weighted by molar-refractivity contribution is -0.137. The number of carbonyl (C=O) groups is 1. The van der Waals surface area contributed by atoms with Crippen molar-refractivity contribution in [2.24, 2.45) is 11.7 Å². The second kappa shape index (κ2) is 7.95. The lowest BCUT2D eigenvalue weighted by atomic mass is 9.83. The van der Waals surface area contributed by atoms with Crippen LogP contribution in [0, 0.1) is 5.92 Å². The zero-order chi connectivity index (χ0) is 15.5. The van der Waals surface area contributed by atoms with Gasteiger partial charge in [-0.2, -0.15) is 0 Å². The molecule has 1 amide bonds. The van der Waals surface area contributed by atoms with Gasteiger partial charge in [0.1, 0.15) is 0 Å². The van der Waals surface area contributed by atoms with E-state index in [2.05, 4.69) is 18.2 Å². The van der Waals surface area contributed by atoms with Crippen LogP contribution in [0.4, 0.5) is 0 Å². The Kier molecular flexibility index (Phi) is 6.22. The molecule has 0 unspecified atom stereocenters. The quantitative estimate of drug-likeness (QED) is 0.870. The van der Waals surface area contributed by atoms with Gasteiger partial charge in [0.25, 0.3) is 0 Å². The lowest BCUT2D eigenvalue weighted by Gasteiger charge is -2.35. The summed E-state index contributed by atoms with van der Waals surface area (Å²) >= 11 is 0. The SMILES string of the molecule is Cl.N[C@H]1CC[C@H](C(=O)N2CC=C(c3ccccc3)CC2)C[C@@H]1O. The number of hydrogen-bond acceptors (Lipinski definition) is 3. The van der Waals surface area contributed by atoms with Gasteiger partial charge in [-0.15, -0.1) is 12.4 Å². The van der Waals surface area contributed by atoms with E-state index in [9.17, 15) is 9.90 Å². The molecule has 2 aliphatic rings. The number of aliphatic hydroxyl groups excluding tert-OH is 1. The molecule has 0 spiro atoms. The number of rotatable bonds is 2. The third-order valence-corrected chi connectivity index (χ3v) is 4.88. The van der Waals surface area contributed by atoms with Gasteiger partial charge in [0, 0.05) is 25.0 Å². The number of halogens is 1. The molecule has 23 heavy (non-hydrogen) atoms. The van der Waals surface area contributed by atoms with Gasteiger partial charge in [-0.3, -0.25) is 4.79 Å². The summed E-state index contributed by atoms with van der Waals surface area (Å²) in [5.74, 6) is 0.107. The average Bonchev–Trinajstić information content (AvgIpc) is 2.58. The van der Waals surface area contributed by atoms with E-state index in [0.717, 1.165) is 25.8 Å². The number of nitrogens with zero attached hydrogens (tertiary/aromatic N) is 1. The number of carbonyl (C=O) groups excluding carboxylic acids is 1. The molecular formula is C18H25ClN2O2. The maximum atomic E-state index is 12.6. The van der Waals surface area contributed by atoms with Crippen LogP contribution in [0.3, 0.4) is 0 Å². The molecule has 1 aromatic rings. The van der Waals surface area contributed by atoms with Crippen molar-refractivity contribution in [1.29, 1.82) is 0 Å². The zero-order valence-corrected chi connectivity index (χ0v) is 14.0. The minimum atomic E-state index is -0.539. The highest BCUT2D eigenvalue weighted by Crippen LogP contribution is 2.28. The highest BCUT2D eigenvalue weighted by Gasteiger charge is 2.33. The van der Waals surface area contributed by atoms with Crippen LogP contribution >= 0.6 is 12.4 Å². The van der Waals surface area contributed by atoms with E-state index in [4.69, 9.17) is 5.73 Å². The van der Waals surface area contributed by atoms with Crippen molar-refractivity contribution >= 4 is 23.9 Å². The summed E-state index contributed by atoms with van der Waals surface area (Å²) in [7, 11) is 0. The molecule has 1 aliphatic carbocycles. The minimum Gasteiger partial charge on any atom is -0.391 e. The number of aliphatic hydroxyl groups is 1. The Bertz CT molecular complexity index is 561. The van der Waals surface area contributed by atoms with Crippen molar-refractivity contribution in [3.63, 3.8) is 0 Å².